The number of guanidine groups is 1. The second-order valence-electron chi connectivity index (χ2n) is 6.44. The Balaban J connectivity index is 1.77. The molecule has 1 fully saturated rings. The SMILES string of the molecule is CN=C(NCCNc1nccc(C(F)(F)F)n1)NC1CCCC(C(F)(F)F)C1. The Morgan fingerprint density at radius 3 is 2.57 bits per heavy atom. The highest BCUT2D eigenvalue weighted by atomic mass is 19.4. The molecule has 1 aromatic rings. The molecule has 1 aliphatic carbocycles. The van der Waals surface area contributed by atoms with Crippen molar-refractivity contribution in [3.8, 4) is 0 Å². The largest absolute Gasteiger partial charge is 0.433 e. The molecule has 0 aromatic carbocycles. The van der Waals surface area contributed by atoms with E-state index >= 15 is 0 Å². The van der Waals surface area contributed by atoms with Crippen molar-refractivity contribution in [1.29, 1.82) is 0 Å². The molecular formula is C16H22F6N6. The van der Waals surface area contributed by atoms with Gasteiger partial charge in [-0.3, -0.25) is 4.99 Å². The summed E-state index contributed by atoms with van der Waals surface area (Å²) in [5.41, 5.74) is -1.05. The first-order valence-corrected chi connectivity index (χ1v) is 8.77. The molecule has 1 aliphatic rings. The van der Waals surface area contributed by atoms with Crippen molar-refractivity contribution < 1.29 is 26.3 Å². The Labute approximate surface area is 158 Å². The molecule has 0 spiro atoms. The van der Waals surface area contributed by atoms with Gasteiger partial charge in [-0.2, -0.15) is 26.3 Å². The molecule has 0 bridgehead atoms. The summed E-state index contributed by atoms with van der Waals surface area (Å²) in [7, 11) is 1.49. The van der Waals surface area contributed by atoms with Gasteiger partial charge in [0.05, 0.1) is 5.92 Å². The second kappa shape index (κ2) is 9.28. The maximum Gasteiger partial charge on any atom is 0.433 e. The molecule has 6 nitrogen and oxygen atoms in total. The zero-order chi connectivity index (χ0) is 20.8. The molecule has 12 heteroatoms. The number of nitrogens with zero attached hydrogens (tertiary/aromatic N) is 3. The van der Waals surface area contributed by atoms with Crippen LogP contribution in [-0.4, -0.2) is 48.3 Å². The van der Waals surface area contributed by atoms with E-state index in [1.54, 1.807) is 0 Å². The third-order valence-corrected chi connectivity index (χ3v) is 4.35. The third kappa shape index (κ3) is 6.71. The first kappa shape index (κ1) is 22.0. The van der Waals surface area contributed by atoms with Crippen LogP contribution in [0.5, 0.6) is 0 Å². The predicted octanol–water partition coefficient (Wildman–Crippen LogP) is 3.19. The lowest BCUT2D eigenvalue weighted by Gasteiger charge is -2.31. The number of halogens is 6. The van der Waals surface area contributed by atoms with Gasteiger partial charge in [0.15, 0.2) is 5.96 Å². The van der Waals surface area contributed by atoms with Gasteiger partial charge in [0.1, 0.15) is 5.69 Å². The van der Waals surface area contributed by atoms with Crippen molar-refractivity contribution in [3.63, 3.8) is 0 Å². The van der Waals surface area contributed by atoms with Crippen LogP contribution in [0.4, 0.5) is 32.3 Å². The Morgan fingerprint density at radius 1 is 1.18 bits per heavy atom. The van der Waals surface area contributed by atoms with Crippen LogP contribution in [0.3, 0.4) is 0 Å². The molecule has 0 saturated heterocycles. The summed E-state index contributed by atoms with van der Waals surface area (Å²) in [5.74, 6) is -1.16. The molecule has 1 aromatic heterocycles. The quantitative estimate of drug-likeness (QED) is 0.300. The fourth-order valence-corrected chi connectivity index (χ4v) is 2.96. The van der Waals surface area contributed by atoms with Crippen LogP contribution in [0.15, 0.2) is 17.3 Å². The molecule has 158 valence electrons. The molecule has 0 aliphatic heterocycles. The molecule has 1 heterocycles. The summed E-state index contributed by atoms with van der Waals surface area (Å²) in [5, 5.41) is 8.52. The molecule has 28 heavy (non-hydrogen) atoms. The van der Waals surface area contributed by atoms with E-state index in [0.29, 0.717) is 18.8 Å². The van der Waals surface area contributed by atoms with Gasteiger partial charge in [-0.1, -0.05) is 6.42 Å². The predicted molar refractivity (Wildman–Crippen MR) is 91.8 cm³/mol. The Kier molecular flexibility index (Phi) is 7.30. The highest BCUT2D eigenvalue weighted by molar-refractivity contribution is 5.80. The van der Waals surface area contributed by atoms with Crippen molar-refractivity contribution in [1.82, 2.24) is 20.6 Å². The third-order valence-electron chi connectivity index (χ3n) is 4.35. The standard InChI is InChI=1S/C16H22F6N6/c1-23-13(27-11-4-2-3-10(9-11)15(17,18)19)25-7-8-26-14-24-6-5-12(28-14)16(20,21)22/h5-6,10-11H,2-4,7-9H2,1H3,(H2,23,25,27)(H,24,26,28). The summed E-state index contributed by atoms with van der Waals surface area (Å²) in [6.45, 7) is 0.451. The van der Waals surface area contributed by atoms with Gasteiger partial charge in [0, 0.05) is 32.4 Å². The Bertz CT molecular complexity index is 660. The lowest BCUT2D eigenvalue weighted by molar-refractivity contribution is -0.183. The van der Waals surface area contributed by atoms with Crippen molar-refractivity contribution in [3.05, 3.63) is 18.0 Å². The van der Waals surface area contributed by atoms with Gasteiger partial charge >= 0.3 is 12.4 Å². The van der Waals surface area contributed by atoms with Gasteiger partial charge in [-0.05, 0) is 25.3 Å². The maximum absolute atomic E-state index is 12.9. The van der Waals surface area contributed by atoms with Crippen molar-refractivity contribution in [2.24, 2.45) is 10.9 Å². The molecule has 3 N–H and O–H groups in total. The number of aromatic nitrogens is 2. The second-order valence-corrected chi connectivity index (χ2v) is 6.44. The van der Waals surface area contributed by atoms with E-state index < -0.39 is 24.0 Å². The Hall–Kier alpha value is -2.27. The van der Waals surface area contributed by atoms with E-state index in [9.17, 15) is 26.3 Å². The zero-order valence-corrected chi connectivity index (χ0v) is 15.2. The van der Waals surface area contributed by atoms with Crippen LogP contribution in [0.25, 0.3) is 0 Å². The number of nitrogens with one attached hydrogen (secondary N) is 3. The zero-order valence-electron chi connectivity index (χ0n) is 15.2. The van der Waals surface area contributed by atoms with E-state index in [1.807, 2.05) is 0 Å². The molecule has 1 saturated carbocycles. The van der Waals surface area contributed by atoms with E-state index in [0.717, 1.165) is 12.3 Å². The van der Waals surface area contributed by atoms with Gasteiger partial charge < -0.3 is 16.0 Å². The molecule has 2 atom stereocenters. The highest BCUT2D eigenvalue weighted by Gasteiger charge is 2.42. The van der Waals surface area contributed by atoms with Crippen LogP contribution in [-0.2, 0) is 6.18 Å². The van der Waals surface area contributed by atoms with Crippen LogP contribution in [0, 0.1) is 5.92 Å². The minimum atomic E-state index is -4.56. The lowest BCUT2D eigenvalue weighted by atomic mass is 9.85. The van der Waals surface area contributed by atoms with E-state index in [1.165, 1.54) is 7.05 Å². The summed E-state index contributed by atoms with van der Waals surface area (Å²) >= 11 is 0. The number of alkyl halides is 6. The molecule has 2 unspecified atom stereocenters. The summed E-state index contributed by atoms with van der Waals surface area (Å²) in [4.78, 5) is 11.1. The molecule has 0 radical (unpaired) electrons. The van der Waals surface area contributed by atoms with Gasteiger partial charge in [-0.25, -0.2) is 9.97 Å². The number of hydrogen-bond donors (Lipinski definition) is 3. The van der Waals surface area contributed by atoms with Crippen LogP contribution in [0.1, 0.15) is 31.4 Å². The fourth-order valence-electron chi connectivity index (χ4n) is 2.96. The molecule has 0 amide bonds. The molecule has 2 rings (SSSR count). The van der Waals surface area contributed by atoms with Crippen molar-refractivity contribution in [2.75, 3.05) is 25.5 Å². The van der Waals surface area contributed by atoms with E-state index in [4.69, 9.17) is 0 Å². The van der Waals surface area contributed by atoms with Crippen molar-refractivity contribution >= 4 is 11.9 Å². The summed E-state index contributed by atoms with van der Waals surface area (Å²) < 4.78 is 76.5. The first-order valence-electron chi connectivity index (χ1n) is 8.77. The maximum atomic E-state index is 12.9. The summed E-state index contributed by atoms with van der Waals surface area (Å²) in [6, 6.07) is 0.430. The lowest BCUT2D eigenvalue weighted by Crippen LogP contribution is -2.47. The monoisotopic (exact) mass is 412 g/mol. The van der Waals surface area contributed by atoms with Crippen LogP contribution >= 0.6 is 0 Å². The topological polar surface area (TPSA) is 74.2 Å². The average Bonchev–Trinajstić information content (AvgIpc) is 2.63. The fraction of sp³-hybridized carbons (Fsp3) is 0.688. The normalized spacial score (nSPS) is 21.3. The average molecular weight is 412 g/mol. The summed E-state index contributed by atoms with van der Waals surface area (Å²) in [6.07, 6.45) is -6.54. The van der Waals surface area contributed by atoms with E-state index in [-0.39, 0.29) is 37.9 Å². The number of rotatable bonds is 5. The number of aliphatic imine (C=N–C) groups is 1. The van der Waals surface area contributed by atoms with Gasteiger partial charge in [0.25, 0.3) is 0 Å². The minimum Gasteiger partial charge on any atom is -0.355 e. The smallest absolute Gasteiger partial charge is 0.355 e. The van der Waals surface area contributed by atoms with Gasteiger partial charge in [-0.15, -0.1) is 0 Å². The minimum absolute atomic E-state index is 0.0134. The van der Waals surface area contributed by atoms with Crippen LogP contribution < -0.4 is 16.0 Å². The Morgan fingerprint density at radius 2 is 1.93 bits per heavy atom. The molecular weight excluding hydrogens is 390 g/mol. The first-order chi connectivity index (χ1) is 13.1. The number of hydrogen-bond acceptors (Lipinski definition) is 4. The van der Waals surface area contributed by atoms with Gasteiger partial charge in [0.2, 0.25) is 5.95 Å². The van der Waals surface area contributed by atoms with Crippen molar-refractivity contribution in [2.45, 2.75) is 44.1 Å². The van der Waals surface area contributed by atoms with Crippen LogP contribution in [0.2, 0.25) is 0 Å². The number of anilines is 1. The van der Waals surface area contributed by atoms with E-state index in [2.05, 4.69) is 30.9 Å². The highest BCUT2D eigenvalue weighted by Crippen LogP contribution is 2.37.